The average Bonchev–Trinajstić information content (AvgIpc) is 2.68. The van der Waals surface area contributed by atoms with Crippen LogP contribution >= 0.6 is 0 Å². The molecule has 0 bridgehead atoms. The van der Waals surface area contributed by atoms with Crippen molar-refractivity contribution in [2.45, 2.75) is 32.3 Å². The quantitative estimate of drug-likeness (QED) is 0.609. The van der Waals surface area contributed by atoms with Crippen molar-refractivity contribution >= 4 is 0 Å². The van der Waals surface area contributed by atoms with E-state index in [-0.39, 0.29) is 6.10 Å². The Morgan fingerprint density at radius 1 is 1.60 bits per heavy atom. The van der Waals surface area contributed by atoms with Crippen molar-refractivity contribution in [2.24, 2.45) is 17.6 Å². The third-order valence-corrected chi connectivity index (χ3v) is 2.34. The van der Waals surface area contributed by atoms with E-state index >= 15 is 0 Å². The van der Waals surface area contributed by atoms with Crippen LogP contribution in [-0.4, -0.2) is 17.8 Å². The Labute approximate surface area is 62.4 Å². The fraction of sp³-hybridized carbons (Fsp3) is 1.00. The maximum absolute atomic E-state index is 9.18. The molecule has 0 heterocycles. The van der Waals surface area contributed by atoms with Crippen LogP contribution in [0.25, 0.3) is 0 Å². The first-order valence-electron chi connectivity index (χ1n) is 4.12. The second-order valence-corrected chi connectivity index (χ2v) is 3.44. The lowest BCUT2D eigenvalue weighted by atomic mass is 9.99. The lowest BCUT2D eigenvalue weighted by Gasteiger charge is -2.13. The summed E-state index contributed by atoms with van der Waals surface area (Å²) in [7, 11) is 0. The summed E-state index contributed by atoms with van der Waals surface area (Å²) in [5.74, 6) is 1.57. The Morgan fingerprint density at radius 2 is 2.20 bits per heavy atom. The molecule has 60 valence electrons. The smallest absolute Gasteiger partial charge is 0.0665 e. The summed E-state index contributed by atoms with van der Waals surface area (Å²) in [6, 6.07) is 0. The molecule has 0 saturated heterocycles. The van der Waals surface area contributed by atoms with Gasteiger partial charge in [-0.2, -0.15) is 0 Å². The van der Waals surface area contributed by atoms with Gasteiger partial charge in [0.2, 0.25) is 0 Å². The Kier molecular flexibility index (Phi) is 2.69. The van der Waals surface area contributed by atoms with Gasteiger partial charge in [0, 0.05) is 6.54 Å². The highest BCUT2D eigenvalue weighted by atomic mass is 16.3. The molecular weight excluding hydrogens is 126 g/mol. The van der Waals surface area contributed by atoms with Crippen LogP contribution in [0, 0.1) is 11.8 Å². The van der Waals surface area contributed by atoms with E-state index in [4.69, 9.17) is 5.73 Å². The van der Waals surface area contributed by atoms with Gasteiger partial charge in [0.25, 0.3) is 0 Å². The second kappa shape index (κ2) is 3.35. The van der Waals surface area contributed by atoms with Gasteiger partial charge in [-0.1, -0.05) is 6.92 Å². The second-order valence-electron chi connectivity index (χ2n) is 3.44. The van der Waals surface area contributed by atoms with Crippen molar-refractivity contribution in [1.29, 1.82) is 0 Å². The number of aliphatic hydroxyl groups excluding tert-OH is 1. The van der Waals surface area contributed by atoms with Crippen molar-refractivity contribution in [1.82, 2.24) is 0 Å². The number of rotatable bonds is 4. The Bertz CT molecular complexity index is 101. The molecule has 2 atom stereocenters. The van der Waals surface area contributed by atoms with Crippen molar-refractivity contribution in [2.75, 3.05) is 6.54 Å². The highest BCUT2D eigenvalue weighted by Gasteiger charge is 2.28. The SMILES string of the molecule is CC(CC(O)CN)C1CC1. The van der Waals surface area contributed by atoms with Crippen molar-refractivity contribution in [3.05, 3.63) is 0 Å². The molecule has 1 fully saturated rings. The molecule has 2 heteroatoms. The van der Waals surface area contributed by atoms with Crippen molar-refractivity contribution < 1.29 is 5.11 Å². The zero-order chi connectivity index (χ0) is 7.56. The predicted octanol–water partition coefficient (Wildman–Crippen LogP) is 0.742. The van der Waals surface area contributed by atoms with E-state index < -0.39 is 0 Å². The first kappa shape index (κ1) is 8.02. The average molecular weight is 143 g/mol. The van der Waals surface area contributed by atoms with Gasteiger partial charge in [0.1, 0.15) is 0 Å². The third kappa shape index (κ3) is 2.27. The van der Waals surface area contributed by atoms with Gasteiger partial charge in [-0.15, -0.1) is 0 Å². The topological polar surface area (TPSA) is 46.2 Å². The first-order valence-corrected chi connectivity index (χ1v) is 4.12. The molecule has 1 rings (SSSR count). The molecular formula is C8H17NO. The molecule has 1 aliphatic carbocycles. The van der Waals surface area contributed by atoms with E-state index in [9.17, 15) is 5.11 Å². The van der Waals surface area contributed by atoms with Gasteiger partial charge in [0.05, 0.1) is 6.10 Å². The highest BCUT2D eigenvalue weighted by Crippen LogP contribution is 2.38. The molecule has 0 aromatic carbocycles. The molecule has 1 aliphatic rings. The fourth-order valence-corrected chi connectivity index (χ4v) is 1.38. The number of hydrogen-bond donors (Lipinski definition) is 2. The summed E-state index contributed by atoms with van der Waals surface area (Å²) in [6.45, 7) is 2.62. The van der Waals surface area contributed by atoms with Gasteiger partial charge in [0.15, 0.2) is 0 Å². The minimum atomic E-state index is -0.268. The Hall–Kier alpha value is -0.0800. The molecule has 0 amide bonds. The zero-order valence-corrected chi connectivity index (χ0v) is 6.59. The summed E-state index contributed by atoms with van der Waals surface area (Å²) in [4.78, 5) is 0. The number of aliphatic hydroxyl groups is 1. The minimum Gasteiger partial charge on any atom is -0.392 e. The molecule has 2 unspecified atom stereocenters. The molecule has 1 saturated carbocycles. The molecule has 0 aliphatic heterocycles. The highest BCUT2D eigenvalue weighted by molar-refractivity contribution is 4.80. The van der Waals surface area contributed by atoms with Crippen LogP contribution in [0.1, 0.15) is 26.2 Å². The van der Waals surface area contributed by atoms with Crippen molar-refractivity contribution in [3.8, 4) is 0 Å². The van der Waals surface area contributed by atoms with E-state index in [2.05, 4.69) is 6.92 Å². The summed E-state index contributed by atoms with van der Waals surface area (Å²) < 4.78 is 0. The van der Waals surface area contributed by atoms with Crippen LogP contribution in [0.5, 0.6) is 0 Å². The predicted molar refractivity (Wildman–Crippen MR) is 41.6 cm³/mol. The molecule has 0 aromatic rings. The summed E-state index contributed by atoms with van der Waals surface area (Å²) in [5, 5.41) is 9.18. The number of nitrogens with two attached hydrogens (primary N) is 1. The molecule has 3 N–H and O–H groups in total. The van der Waals surface area contributed by atoms with E-state index in [1.807, 2.05) is 0 Å². The first-order chi connectivity index (χ1) is 4.74. The van der Waals surface area contributed by atoms with Crippen LogP contribution in [0.4, 0.5) is 0 Å². The summed E-state index contributed by atoms with van der Waals surface area (Å²) in [6.07, 6.45) is 3.34. The largest absolute Gasteiger partial charge is 0.392 e. The lowest BCUT2D eigenvalue weighted by molar-refractivity contribution is 0.148. The fourth-order valence-electron chi connectivity index (χ4n) is 1.38. The molecule has 2 nitrogen and oxygen atoms in total. The zero-order valence-electron chi connectivity index (χ0n) is 6.59. The van der Waals surface area contributed by atoms with E-state index in [1.165, 1.54) is 12.8 Å². The maximum atomic E-state index is 9.18. The standard InChI is InChI=1S/C8H17NO/c1-6(7-2-3-7)4-8(10)5-9/h6-8,10H,2-5,9H2,1H3. The summed E-state index contributed by atoms with van der Waals surface area (Å²) >= 11 is 0. The van der Waals surface area contributed by atoms with Crippen LogP contribution in [-0.2, 0) is 0 Å². The molecule has 0 spiro atoms. The van der Waals surface area contributed by atoms with Gasteiger partial charge < -0.3 is 10.8 Å². The van der Waals surface area contributed by atoms with Crippen LogP contribution < -0.4 is 5.73 Å². The van der Waals surface area contributed by atoms with Crippen LogP contribution in [0.15, 0.2) is 0 Å². The van der Waals surface area contributed by atoms with Gasteiger partial charge in [-0.3, -0.25) is 0 Å². The van der Waals surface area contributed by atoms with Gasteiger partial charge in [-0.05, 0) is 31.1 Å². The summed E-state index contributed by atoms with van der Waals surface area (Å²) in [5.41, 5.74) is 5.29. The van der Waals surface area contributed by atoms with Crippen molar-refractivity contribution in [3.63, 3.8) is 0 Å². The van der Waals surface area contributed by atoms with Crippen LogP contribution in [0.3, 0.4) is 0 Å². The normalized spacial score (nSPS) is 24.3. The maximum Gasteiger partial charge on any atom is 0.0665 e. The van der Waals surface area contributed by atoms with E-state index in [0.717, 1.165) is 12.3 Å². The van der Waals surface area contributed by atoms with Gasteiger partial charge in [-0.25, -0.2) is 0 Å². The van der Waals surface area contributed by atoms with Crippen LogP contribution in [0.2, 0.25) is 0 Å². The van der Waals surface area contributed by atoms with E-state index in [1.54, 1.807) is 0 Å². The Morgan fingerprint density at radius 3 is 2.60 bits per heavy atom. The van der Waals surface area contributed by atoms with E-state index in [0.29, 0.717) is 12.5 Å². The third-order valence-electron chi connectivity index (χ3n) is 2.34. The monoisotopic (exact) mass is 143 g/mol. The number of hydrogen-bond acceptors (Lipinski definition) is 2. The Balaban J connectivity index is 2.10. The molecule has 0 aromatic heterocycles. The van der Waals surface area contributed by atoms with Gasteiger partial charge >= 0.3 is 0 Å². The minimum absolute atomic E-state index is 0.268. The molecule has 0 radical (unpaired) electrons. The lowest BCUT2D eigenvalue weighted by Crippen LogP contribution is -2.22. The molecule has 10 heavy (non-hydrogen) atoms.